The summed E-state index contributed by atoms with van der Waals surface area (Å²) in [6.45, 7) is 1.37. The predicted octanol–water partition coefficient (Wildman–Crippen LogP) is 2.01. The van der Waals surface area contributed by atoms with Crippen LogP contribution in [-0.4, -0.2) is 22.9 Å². The van der Waals surface area contributed by atoms with E-state index in [1.54, 1.807) is 6.20 Å². The molecule has 4 nitrogen and oxygen atoms in total. The Morgan fingerprint density at radius 1 is 1.31 bits per heavy atom. The number of nitrogens with two attached hydrogens (primary N) is 1. The zero-order valence-corrected chi connectivity index (χ0v) is 10.3. The summed E-state index contributed by atoms with van der Waals surface area (Å²) in [7, 11) is 0. The molecule has 16 heavy (non-hydrogen) atoms. The number of hydrogen-bond donors (Lipinski definition) is 2. The molecular weight excluding hydrogens is 268 g/mol. The second kappa shape index (κ2) is 5.14. The Morgan fingerprint density at radius 3 is 2.75 bits per heavy atom. The van der Waals surface area contributed by atoms with Gasteiger partial charge in [-0.15, -0.1) is 0 Å². The molecule has 0 saturated heterocycles. The third-order valence-corrected chi connectivity index (χ3v) is 2.68. The molecule has 0 spiro atoms. The van der Waals surface area contributed by atoms with Gasteiger partial charge in [0.05, 0.1) is 23.8 Å². The first-order valence-corrected chi connectivity index (χ1v) is 5.83. The van der Waals surface area contributed by atoms with Gasteiger partial charge in [-0.1, -0.05) is 15.9 Å². The van der Waals surface area contributed by atoms with E-state index in [1.165, 1.54) is 0 Å². The quantitative estimate of drug-likeness (QED) is 0.901. The molecule has 1 aromatic heterocycles. The van der Waals surface area contributed by atoms with Crippen LogP contribution in [0.4, 0.5) is 5.69 Å². The number of nitrogens with one attached hydrogen (secondary N) is 1. The van der Waals surface area contributed by atoms with Crippen LogP contribution in [0.5, 0.6) is 0 Å². The second-order valence-electron chi connectivity index (χ2n) is 3.37. The fourth-order valence-corrected chi connectivity index (χ4v) is 1.63. The van der Waals surface area contributed by atoms with Gasteiger partial charge in [0.15, 0.2) is 0 Å². The molecule has 0 unspecified atom stereocenters. The Balaban J connectivity index is 2.15. The van der Waals surface area contributed by atoms with Crippen LogP contribution in [0.2, 0.25) is 0 Å². The maximum absolute atomic E-state index is 5.42. The van der Waals surface area contributed by atoms with Gasteiger partial charge in [0, 0.05) is 17.6 Å². The standard InChI is InChI=1S/C11H13BrN4/c12-9-1-3-11(4-2-9)16-8-10(7-15-16)14-6-5-13/h1-4,7-8,14H,5-6,13H2. The molecule has 0 atom stereocenters. The Hall–Kier alpha value is -1.33. The highest BCUT2D eigenvalue weighted by Crippen LogP contribution is 2.15. The molecule has 0 aliphatic rings. The first-order chi connectivity index (χ1) is 7.79. The molecule has 1 heterocycles. The van der Waals surface area contributed by atoms with Gasteiger partial charge in [-0.3, -0.25) is 0 Å². The summed E-state index contributed by atoms with van der Waals surface area (Å²) < 4.78 is 2.88. The summed E-state index contributed by atoms with van der Waals surface area (Å²) >= 11 is 3.40. The third kappa shape index (κ3) is 2.62. The maximum Gasteiger partial charge on any atom is 0.0731 e. The number of benzene rings is 1. The highest BCUT2D eigenvalue weighted by Gasteiger charge is 1.99. The zero-order valence-electron chi connectivity index (χ0n) is 8.73. The molecule has 3 N–H and O–H groups in total. The first-order valence-electron chi connectivity index (χ1n) is 5.04. The van der Waals surface area contributed by atoms with Gasteiger partial charge in [0.2, 0.25) is 0 Å². The average Bonchev–Trinajstić information content (AvgIpc) is 2.76. The Bertz CT molecular complexity index is 449. The molecule has 2 rings (SSSR count). The molecule has 0 aliphatic heterocycles. The lowest BCUT2D eigenvalue weighted by molar-refractivity contribution is 0.880. The number of anilines is 1. The molecule has 0 bridgehead atoms. The van der Waals surface area contributed by atoms with Gasteiger partial charge in [-0.2, -0.15) is 5.10 Å². The van der Waals surface area contributed by atoms with E-state index in [0.717, 1.165) is 22.4 Å². The predicted molar refractivity (Wildman–Crippen MR) is 68.8 cm³/mol. The van der Waals surface area contributed by atoms with Crippen molar-refractivity contribution < 1.29 is 0 Å². The van der Waals surface area contributed by atoms with Crippen molar-refractivity contribution in [2.24, 2.45) is 5.73 Å². The Kier molecular flexibility index (Phi) is 3.58. The second-order valence-corrected chi connectivity index (χ2v) is 4.28. The molecule has 84 valence electrons. The molecular formula is C11H13BrN4. The largest absolute Gasteiger partial charge is 0.381 e. The zero-order chi connectivity index (χ0) is 11.4. The van der Waals surface area contributed by atoms with Crippen molar-refractivity contribution in [1.82, 2.24) is 9.78 Å². The lowest BCUT2D eigenvalue weighted by atomic mass is 10.3. The van der Waals surface area contributed by atoms with Crippen molar-refractivity contribution >= 4 is 21.6 Å². The monoisotopic (exact) mass is 280 g/mol. The van der Waals surface area contributed by atoms with Crippen LogP contribution in [0.15, 0.2) is 41.1 Å². The number of rotatable bonds is 4. The normalized spacial score (nSPS) is 10.4. The number of aromatic nitrogens is 2. The van der Waals surface area contributed by atoms with Crippen LogP contribution >= 0.6 is 15.9 Å². The average molecular weight is 281 g/mol. The van der Waals surface area contributed by atoms with Crippen molar-refractivity contribution in [1.29, 1.82) is 0 Å². The van der Waals surface area contributed by atoms with E-state index >= 15 is 0 Å². The van der Waals surface area contributed by atoms with Crippen molar-refractivity contribution in [3.8, 4) is 5.69 Å². The maximum atomic E-state index is 5.42. The van der Waals surface area contributed by atoms with Gasteiger partial charge >= 0.3 is 0 Å². The van der Waals surface area contributed by atoms with Crippen molar-refractivity contribution in [2.75, 3.05) is 18.4 Å². The van der Waals surface area contributed by atoms with Crippen LogP contribution < -0.4 is 11.1 Å². The minimum absolute atomic E-state index is 0.615. The van der Waals surface area contributed by atoms with Crippen molar-refractivity contribution in [2.45, 2.75) is 0 Å². The van der Waals surface area contributed by atoms with Crippen LogP contribution in [-0.2, 0) is 0 Å². The van der Waals surface area contributed by atoms with E-state index < -0.39 is 0 Å². The minimum atomic E-state index is 0.615. The summed E-state index contributed by atoms with van der Waals surface area (Å²) in [5.41, 5.74) is 7.43. The fourth-order valence-electron chi connectivity index (χ4n) is 1.37. The smallest absolute Gasteiger partial charge is 0.0731 e. The molecule has 0 radical (unpaired) electrons. The molecule has 1 aromatic carbocycles. The van der Waals surface area contributed by atoms with Gasteiger partial charge in [0.1, 0.15) is 0 Å². The van der Waals surface area contributed by atoms with E-state index in [-0.39, 0.29) is 0 Å². The van der Waals surface area contributed by atoms with Gasteiger partial charge < -0.3 is 11.1 Å². The van der Waals surface area contributed by atoms with Crippen LogP contribution in [0.1, 0.15) is 0 Å². The van der Waals surface area contributed by atoms with E-state index in [2.05, 4.69) is 26.3 Å². The van der Waals surface area contributed by atoms with Crippen LogP contribution in [0.3, 0.4) is 0 Å². The van der Waals surface area contributed by atoms with Crippen LogP contribution in [0.25, 0.3) is 5.69 Å². The SMILES string of the molecule is NCCNc1cnn(-c2ccc(Br)cc2)c1. The molecule has 0 saturated carbocycles. The summed E-state index contributed by atoms with van der Waals surface area (Å²) in [5.74, 6) is 0. The summed E-state index contributed by atoms with van der Waals surface area (Å²) in [6, 6.07) is 7.99. The highest BCUT2D eigenvalue weighted by atomic mass is 79.9. The fraction of sp³-hybridized carbons (Fsp3) is 0.182. The minimum Gasteiger partial charge on any atom is -0.381 e. The van der Waals surface area contributed by atoms with Gasteiger partial charge in [0.25, 0.3) is 0 Å². The van der Waals surface area contributed by atoms with E-state index in [9.17, 15) is 0 Å². The molecule has 5 heteroatoms. The highest BCUT2D eigenvalue weighted by molar-refractivity contribution is 9.10. The van der Waals surface area contributed by atoms with Crippen molar-refractivity contribution in [3.63, 3.8) is 0 Å². The lowest BCUT2D eigenvalue weighted by Gasteiger charge is -2.01. The van der Waals surface area contributed by atoms with Gasteiger partial charge in [-0.25, -0.2) is 4.68 Å². The number of nitrogens with zero attached hydrogens (tertiary/aromatic N) is 2. The lowest BCUT2D eigenvalue weighted by Crippen LogP contribution is -2.12. The molecule has 0 amide bonds. The third-order valence-electron chi connectivity index (χ3n) is 2.15. The van der Waals surface area contributed by atoms with E-state index in [0.29, 0.717) is 6.54 Å². The number of halogens is 1. The summed E-state index contributed by atoms with van der Waals surface area (Å²) in [4.78, 5) is 0. The number of hydrogen-bond acceptors (Lipinski definition) is 3. The van der Waals surface area contributed by atoms with Crippen LogP contribution in [0, 0.1) is 0 Å². The molecule has 2 aromatic rings. The first kappa shape index (κ1) is 11.2. The Morgan fingerprint density at radius 2 is 2.06 bits per heavy atom. The van der Waals surface area contributed by atoms with E-state index in [4.69, 9.17) is 5.73 Å². The summed E-state index contributed by atoms with van der Waals surface area (Å²) in [6.07, 6.45) is 3.73. The molecule has 0 fully saturated rings. The Labute approximate surface area is 103 Å². The van der Waals surface area contributed by atoms with Gasteiger partial charge in [-0.05, 0) is 24.3 Å². The summed E-state index contributed by atoms with van der Waals surface area (Å²) in [5, 5.41) is 7.45. The van der Waals surface area contributed by atoms with Crippen molar-refractivity contribution in [3.05, 3.63) is 41.1 Å². The molecule has 0 aliphatic carbocycles. The topological polar surface area (TPSA) is 55.9 Å². The van der Waals surface area contributed by atoms with E-state index in [1.807, 2.05) is 35.1 Å².